The molecule has 1 aromatic heterocycles. The number of nitrogens with one attached hydrogen (secondary N) is 2. The third-order valence-electron chi connectivity index (χ3n) is 6.70. The zero-order chi connectivity index (χ0) is 26.8. The average molecular weight is 513 g/mol. The molecule has 10 heteroatoms. The number of aromatic nitrogens is 1. The van der Waals surface area contributed by atoms with E-state index >= 15 is 0 Å². The highest BCUT2D eigenvalue weighted by atomic mass is 16.5. The number of nitrogen functional groups attached to an aromatic ring is 1. The molecule has 38 heavy (non-hydrogen) atoms. The Balaban J connectivity index is 1.60. The van der Waals surface area contributed by atoms with Crippen LogP contribution in [0, 0.1) is 0 Å². The number of likely N-dealkylation sites (N-methyl/N-ethyl adjacent to an activating group) is 1. The third kappa shape index (κ3) is 4.69. The summed E-state index contributed by atoms with van der Waals surface area (Å²) in [6, 6.07) is 19.6. The van der Waals surface area contributed by atoms with Crippen LogP contribution in [0.3, 0.4) is 0 Å². The number of rotatable bonds is 6. The summed E-state index contributed by atoms with van der Waals surface area (Å²) in [5.74, 6) is -1.04. The van der Waals surface area contributed by atoms with E-state index in [1.165, 1.54) is 4.90 Å². The molecule has 0 aliphatic carbocycles. The van der Waals surface area contributed by atoms with Gasteiger partial charge in [-0.15, -0.1) is 0 Å². The van der Waals surface area contributed by atoms with Gasteiger partial charge in [-0.2, -0.15) is 0 Å². The van der Waals surface area contributed by atoms with E-state index in [0.717, 1.165) is 5.39 Å². The number of carbonyl (C=O) groups excluding carboxylic acids is 3. The molecule has 2 atom stereocenters. The number of fused-ring (bicyclic) bond motifs is 2. The van der Waals surface area contributed by atoms with Crippen LogP contribution in [-0.2, 0) is 16.1 Å². The minimum atomic E-state index is -1.01. The second-order valence-electron chi connectivity index (χ2n) is 9.15. The fraction of sp³-hybridized carbons (Fsp3) is 0.214. The van der Waals surface area contributed by atoms with E-state index < -0.39 is 12.1 Å². The van der Waals surface area contributed by atoms with Crippen LogP contribution in [0.5, 0.6) is 0 Å². The molecule has 0 spiro atoms. The summed E-state index contributed by atoms with van der Waals surface area (Å²) in [5, 5.41) is 10.7. The number of carbonyl (C=O) groups is 3. The molecule has 194 valence electrons. The molecule has 4 N–H and O–H groups in total. The maximum absolute atomic E-state index is 14.0. The fourth-order valence-electron chi connectivity index (χ4n) is 4.46. The maximum Gasteiger partial charge on any atom is 0.258 e. The monoisotopic (exact) mass is 512 g/mol. The summed E-state index contributed by atoms with van der Waals surface area (Å²) >= 11 is 0. The summed E-state index contributed by atoms with van der Waals surface area (Å²) in [7, 11) is 1.66. The zero-order valence-corrected chi connectivity index (χ0v) is 21.0. The number of hydrogen-bond donors (Lipinski definition) is 3. The largest absolute Gasteiger partial charge is 0.399 e. The Labute approximate surface area is 219 Å². The lowest BCUT2D eigenvalue weighted by atomic mass is 10.1. The molecule has 3 aromatic carbocycles. The highest BCUT2D eigenvalue weighted by Crippen LogP contribution is 2.35. The predicted molar refractivity (Wildman–Crippen MR) is 145 cm³/mol. The van der Waals surface area contributed by atoms with E-state index in [1.807, 2.05) is 18.2 Å². The van der Waals surface area contributed by atoms with Crippen molar-refractivity contribution < 1.29 is 18.9 Å². The smallest absolute Gasteiger partial charge is 0.258 e. The number of anilines is 3. The number of benzene rings is 3. The van der Waals surface area contributed by atoms with Gasteiger partial charge in [0.1, 0.15) is 11.7 Å². The molecule has 1 aliphatic heterocycles. The summed E-state index contributed by atoms with van der Waals surface area (Å²) in [6.07, 6.45) is 0. The highest BCUT2D eigenvalue weighted by Gasteiger charge is 2.38. The van der Waals surface area contributed by atoms with E-state index in [-0.39, 0.29) is 30.8 Å². The second-order valence-corrected chi connectivity index (χ2v) is 9.15. The zero-order valence-electron chi connectivity index (χ0n) is 21.0. The minimum Gasteiger partial charge on any atom is -0.399 e. The number of hydrogen-bond acceptors (Lipinski definition) is 7. The Kier molecular flexibility index (Phi) is 6.80. The van der Waals surface area contributed by atoms with Crippen molar-refractivity contribution in [3.63, 3.8) is 0 Å². The van der Waals surface area contributed by atoms with Crippen molar-refractivity contribution in [2.24, 2.45) is 0 Å². The fourth-order valence-corrected chi connectivity index (χ4v) is 4.46. The topological polar surface area (TPSA) is 134 Å². The Bertz CT molecular complexity index is 1500. The van der Waals surface area contributed by atoms with Crippen molar-refractivity contribution in [2.75, 3.05) is 29.1 Å². The lowest BCUT2D eigenvalue weighted by Crippen LogP contribution is -2.55. The molecule has 3 amide bonds. The molecule has 0 radical (unpaired) electrons. The average Bonchev–Trinajstić information content (AvgIpc) is 3.31. The lowest BCUT2D eigenvalue weighted by molar-refractivity contribution is -0.128. The molecule has 0 fully saturated rings. The molecular weight excluding hydrogens is 484 g/mol. The summed E-state index contributed by atoms with van der Waals surface area (Å²) in [4.78, 5) is 43.7. The van der Waals surface area contributed by atoms with Crippen LogP contribution in [0.1, 0.15) is 23.0 Å². The van der Waals surface area contributed by atoms with Crippen molar-refractivity contribution in [1.29, 1.82) is 0 Å². The molecule has 1 aliphatic rings. The van der Waals surface area contributed by atoms with Gasteiger partial charge in [0, 0.05) is 16.6 Å². The first kappa shape index (κ1) is 25.0. The summed E-state index contributed by atoms with van der Waals surface area (Å²) in [5.41, 5.74) is 8.99. The van der Waals surface area contributed by atoms with Gasteiger partial charge in [-0.25, -0.2) is 0 Å². The lowest BCUT2D eigenvalue weighted by Gasteiger charge is -2.26. The standard InChI is InChI=1S/C28H28N6O4/c1-17(30-2)26(35)31-22-16-33(27(36)18-11-13-19(29)14-12-18)23-8-4-5-9-24(23)34(28(22)37)15-21-20-7-3-6-10-25(20)38-32-21/h3-14,17,22,30H,15-16,29H2,1-2H3,(H,31,35)/t17-,22-/m0/s1. The van der Waals surface area contributed by atoms with Crippen molar-refractivity contribution in [3.8, 4) is 0 Å². The van der Waals surface area contributed by atoms with Crippen molar-refractivity contribution in [1.82, 2.24) is 15.8 Å². The first-order valence-electron chi connectivity index (χ1n) is 12.3. The van der Waals surface area contributed by atoms with Crippen LogP contribution in [-0.4, -0.2) is 48.6 Å². The number of para-hydroxylation sites is 3. The number of amides is 3. The molecule has 10 nitrogen and oxygen atoms in total. The Morgan fingerprint density at radius 1 is 1.05 bits per heavy atom. The van der Waals surface area contributed by atoms with Gasteiger partial charge >= 0.3 is 0 Å². The van der Waals surface area contributed by atoms with E-state index in [2.05, 4.69) is 15.8 Å². The van der Waals surface area contributed by atoms with Gasteiger partial charge in [0.05, 0.1) is 30.5 Å². The number of nitrogens with two attached hydrogens (primary N) is 1. The Morgan fingerprint density at radius 3 is 2.47 bits per heavy atom. The molecule has 2 heterocycles. The van der Waals surface area contributed by atoms with Crippen molar-refractivity contribution in [3.05, 3.63) is 84.1 Å². The first-order valence-corrected chi connectivity index (χ1v) is 12.3. The van der Waals surface area contributed by atoms with Gasteiger partial charge in [-0.3, -0.25) is 14.4 Å². The van der Waals surface area contributed by atoms with E-state index in [0.29, 0.717) is 33.9 Å². The molecule has 0 saturated carbocycles. The maximum atomic E-state index is 14.0. The molecule has 0 saturated heterocycles. The molecule has 0 bridgehead atoms. The van der Waals surface area contributed by atoms with E-state index in [1.54, 1.807) is 73.5 Å². The Hall–Kier alpha value is -4.70. The third-order valence-corrected chi connectivity index (χ3v) is 6.70. The highest BCUT2D eigenvalue weighted by molar-refractivity contribution is 6.12. The molecular formula is C28H28N6O4. The van der Waals surface area contributed by atoms with Crippen molar-refractivity contribution >= 4 is 45.8 Å². The second kappa shape index (κ2) is 10.3. The first-order chi connectivity index (χ1) is 18.4. The van der Waals surface area contributed by atoms with Crippen LogP contribution in [0.4, 0.5) is 17.1 Å². The van der Waals surface area contributed by atoms with Gasteiger partial charge in [0.2, 0.25) is 5.91 Å². The SMILES string of the molecule is CN[C@@H](C)C(=O)N[C@H]1CN(C(=O)c2ccc(N)cc2)c2ccccc2N(Cc2noc3ccccc23)C1=O. The van der Waals surface area contributed by atoms with E-state index in [4.69, 9.17) is 10.3 Å². The summed E-state index contributed by atoms with van der Waals surface area (Å²) < 4.78 is 5.47. The van der Waals surface area contributed by atoms with Crippen molar-refractivity contribution in [2.45, 2.75) is 25.6 Å². The molecule has 5 rings (SSSR count). The Morgan fingerprint density at radius 2 is 1.74 bits per heavy atom. The van der Waals surface area contributed by atoms with Gasteiger partial charge in [0.25, 0.3) is 11.8 Å². The number of nitrogens with zero attached hydrogens (tertiary/aromatic N) is 3. The molecule has 0 unspecified atom stereocenters. The predicted octanol–water partition coefficient (Wildman–Crippen LogP) is 2.70. The quantitative estimate of drug-likeness (QED) is 0.338. The van der Waals surface area contributed by atoms with E-state index in [9.17, 15) is 14.4 Å². The van der Waals surface area contributed by atoms with Crippen LogP contribution in [0.25, 0.3) is 11.0 Å². The molecule has 4 aromatic rings. The van der Waals surface area contributed by atoms with Gasteiger partial charge < -0.3 is 30.7 Å². The van der Waals surface area contributed by atoms with Crippen LogP contribution >= 0.6 is 0 Å². The van der Waals surface area contributed by atoms with Gasteiger partial charge in [0.15, 0.2) is 5.58 Å². The van der Waals surface area contributed by atoms with Crippen LogP contribution in [0.2, 0.25) is 0 Å². The van der Waals surface area contributed by atoms with Gasteiger partial charge in [-0.05, 0) is 62.5 Å². The summed E-state index contributed by atoms with van der Waals surface area (Å²) in [6.45, 7) is 1.73. The van der Waals surface area contributed by atoms with Gasteiger partial charge in [-0.1, -0.05) is 29.4 Å². The van der Waals surface area contributed by atoms with Crippen LogP contribution in [0.15, 0.2) is 77.3 Å². The minimum absolute atomic E-state index is 0.0582. The van der Waals surface area contributed by atoms with Crippen LogP contribution < -0.4 is 26.2 Å². The normalized spacial score (nSPS) is 16.2.